The minimum atomic E-state index is 0.299. The second-order valence-electron chi connectivity index (χ2n) is 6.20. The van der Waals surface area contributed by atoms with Crippen molar-refractivity contribution in [3.63, 3.8) is 0 Å². The summed E-state index contributed by atoms with van der Waals surface area (Å²) in [5.41, 5.74) is 0.598. The first kappa shape index (κ1) is 13.6. The Hall–Kier alpha value is -0.870. The van der Waals surface area contributed by atoms with Crippen LogP contribution in [0.25, 0.3) is 0 Å². The number of nitrogens with zero attached hydrogens (tertiary/aromatic N) is 1. The Bertz CT molecular complexity index is 396. The molecule has 0 aromatic carbocycles. The van der Waals surface area contributed by atoms with Gasteiger partial charge >= 0.3 is 0 Å². The lowest BCUT2D eigenvalue weighted by Crippen LogP contribution is -2.18. The van der Waals surface area contributed by atoms with Gasteiger partial charge in [-0.15, -0.1) is 0 Å². The average molecular weight is 252 g/mol. The summed E-state index contributed by atoms with van der Waals surface area (Å²) in [6.45, 7) is 11.3. The Morgan fingerprint density at radius 3 is 2.56 bits per heavy atom. The largest absolute Gasteiger partial charge is 0.444 e. The quantitative estimate of drug-likeness (QED) is 0.790. The van der Waals surface area contributed by atoms with Gasteiger partial charge in [0.05, 0.1) is 19.3 Å². The summed E-state index contributed by atoms with van der Waals surface area (Å²) in [5.74, 6) is 2.26. The van der Waals surface area contributed by atoms with E-state index < -0.39 is 0 Å². The van der Waals surface area contributed by atoms with Crippen molar-refractivity contribution in [3.8, 4) is 0 Å². The van der Waals surface area contributed by atoms with Gasteiger partial charge in [-0.2, -0.15) is 0 Å². The molecule has 0 saturated heterocycles. The molecule has 0 radical (unpaired) electrons. The summed E-state index contributed by atoms with van der Waals surface area (Å²) in [7, 11) is 1.70. The Balaban J connectivity index is 1.92. The monoisotopic (exact) mass is 252 g/mol. The van der Waals surface area contributed by atoms with Crippen molar-refractivity contribution in [2.75, 3.05) is 20.3 Å². The highest BCUT2D eigenvalue weighted by atomic mass is 16.5. The second-order valence-corrected chi connectivity index (χ2v) is 6.20. The Kier molecular flexibility index (Phi) is 3.52. The van der Waals surface area contributed by atoms with Gasteiger partial charge in [-0.3, -0.25) is 0 Å². The van der Waals surface area contributed by atoms with E-state index in [1.807, 2.05) is 6.20 Å². The number of rotatable bonds is 6. The molecule has 1 saturated carbocycles. The van der Waals surface area contributed by atoms with E-state index in [1.165, 1.54) is 0 Å². The predicted molar refractivity (Wildman–Crippen MR) is 70.4 cm³/mol. The second kappa shape index (κ2) is 4.67. The van der Waals surface area contributed by atoms with Gasteiger partial charge < -0.3 is 14.5 Å². The SMILES string of the molecule is COCCNCc1ncc(C2C(C)(C)C2(C)C)o1. The lowest BCUT2D eigenvalue weighted by molar-refractivity contribution is 0.198. The van der Waals surface area contributed by atoms with E-state index in [0.717, 1.165) is 18.2 Å². The summed E-state index contributed by atoms with van der Waals surface area (Å²) < 4.78 is 10.8. The fourth-order valence-corrected chi connectivity index (χ4v) is 2.82. The van der Waals surface area contributed by atoms with Crippen LogP contribution in [0.4, 0.5) is 0 Å². The average Bonchev–Trinajstić information content (AvgIpc) is 2.66. The summed E-state index contributed by atoms with van der Waals surface area (Å²) in [5, 5.41) is 3.24. The molecule has 4 heteroatoms. The zero-order valence-corrected chi connectivity index (χ0v) is 12.0. The maximum atomic E-state index is 5.84. The zero-order valence-electron chi connectivity index (χ0n) is 12.0. The first-order chi connectivity index (χ1) is 8.41. The minimum Gasteiger partial charge on any atom is -0.444 e. The van der Waals surface area contributed by atoms with Crippen LogP contribution in [0.15, 0.2) is 10.6 Å². The minimum absolute atomic E-state index is 0.299. The number of nitrogens with one attached hydrogen (secondary N) is 1. The van der Waals surface area contributed by atoms with Gasteiger partial charge in [0.25, 0.3) is 0 Å². The maximum Gasteiger partial charge on any atom is 0.208 e. The summed E-state index contributed by atoms with van der Waals surface area (Å²) >= 11 is 0. The van der Waals surface area contributed by atoms with Crippen molar-refractivity contribution in [1.29, 1.82) is 0 Å². The molecule has 0 bridgehead atoms. The molecular formula is C14H24N2O2. The van der Waals surface area contributed by atoms with Crippen molar-refractivity contribution in [1.82, 2.24) is 10.3 Å². The number of aromatic nitrogens is 1. The normalized spacial score (nSPS) is 21.2. The molecule has 1 aromatic rings. The van der Waals surface area contributed by atoms with Crippen molar-refractivity contribution < 1.29 is 9.15 Å². The van der Waals surface area contributed by atoms with E-state index in [2.05, 4.69) is 38.0 Å². The van der Waals surface area contributed by atoms with Gasteiger partial charge in [0.1, 0.15) is 5.76 Å². The lowest BCUT2D eigenvalue weighted by atomic mass is 10.0. The predicted octanol–water partition coefficient (Wildman–Crippen LogP) is 2.56. The highest BCUT2D eigenvalue weighted by Gasteiger charge is 2.66. The van der Waals surface area contributed by atoms with E-state index >= 15 is 0 Å². The summed E-state index contributed by atoms with van der Waals surface area (Å²) in [6.07, 6.45) is 1.88. The van der Waals surface area contributed by atoms with Crippen LogP contribution in [0.3, 0.4) is 0 Å². The van der Waals surface area contributed by atoms with Crippen molar-refractivity contribution in [2.24, 2.45) is 10.8 Å². The number of hydrogen-bond donors (Lipinski definition) is 1. The van der Waals surface area contributed by atoms with Gasteiger partial charge in [0, 0.05) is 19.6 Å². The molecule has 2 rings (SSSR count). The lowest BCUT2D eigenvalue weighted by Gasteiger charge is -2.03. The van der Waals surface area contributed by atoms with Gasteiger partial charge in [0.2, 0.25) is 5.89 Å². The first-order valence-electron chi connectivity index (χ1n) is 6.55. The Morgan fingerprint density at radius 1 is 1.33 bits per heavy atom. The van der Waals surface area contributed by atoms with Gasteiger partial charge in [0.15, 0.2) is 0 Å². The topological polar surface area (TPSA) is 47.3 Å². The highest BCUT2D eigenvalue weighted by molar-refractivity contribution is 5.27. The van der Waals surface area contributed by atoms with Crippen LogP contribution in [0.5, 0.6) is 0 Å². The van der Waals surface area contributed by atoms with Crippen molar-refractivity contribution >= 4 is 0 Å². The molecule has 4 nitrogen and oxygen atoms in total. The zero-order chi connectivity index (χ0) is 13.4. The smallest absolute Gasteiger partial charge is 0.208 e. The summed E-state index contributed by atoms with van der Waals surface area (Å²) in [4.78, 5) is 4.34. The third-order valence-electron chi connectivity index (χ3n) is 4.64. The van der Waals surface area contributed by atoms with Crippen LogP contribution >= 0.6 is 0 Å². The van der Waals surface area contributed by atoms with Crippen molar-refractivity contribution in [3.05, 3.63) is 17.8 Å². The molecule has 0 atom stereocenters. The molecule has 1 N–H and O–H groups in total. The summed E-state index contributed by atoms with van der Waals surface area (Å²) in [6, 6.07) is 0. The molecule has 18 heavy (non-hydrogen) atoms. The molecule has 1 aliphatic carbocycles. The van der Waals surface area contributed by atoms with E-state index in [1.54, 1.807) is 7.11 Å². The molecule has 102 valence electrons. The highest BCUT2D eigenvalue weighted by Crippen LogP contribution is 2.73. The molecule has 0 aliphatic heterocycles. The molecule has 1 heterocycles. The van der Waals surface area contributed by atoms with Gasteiger partial charge in [-0.05, 0) is 10.8 Å². The van der Waals surface area contributed by atoms with Gasteiger partial charge in [-0.25, -0.2) is 4.98 Å². The van der Waals surface area contributed by atoms with E-state index in [9.17, 15) is 0 Å². The molecule has 1 fully saturated rings. The third kappa shape index (κ3) is 2.19. The van der Waals surface area contributed by atoms with Crippen molar-refractivity contribution in [2.45, 2.75) is 40.2 Å². The molecule has 0 spiro atoms. The molecular weight excluding hydrogens is 228 g/mol. The van der Waals surface area contributed by atoms with Crippen LogP contribution in [0.2, 0.25) is 0 Å². The van der Waals surface area contributed by atoms with E-state index in [4.69, 9.17) is 9.15 Å². The molecule has 0 amide bonds. The van der Waals surface area contributed by atoms with Gasteiger partial charge in [-0.1, -0.05) is 27.7 Å². The van der Waals surface area contributed by atoms with Crippen LogP contribution in [-0.2, 0) is 11.3 Å². The standard InChI is InChI=1S/C14H24N2O2/c1-13(2)12(14(13,3)4)10-8-16-11(18-10)9-15-6-7-17-5/h8,12,15H,6-7,9H2,1-5H3. The molecule has 0 unspecified atom stereocenters. The van der Waals surface area contributed by atoms with Crippen LogP contribution in [0, 0.1) is 10.8 Å². The number of ether oxygens (including phenoxy) is 1. The molecule has 1 aromatic heterocycles. The Labute approximate surface area is 109 Å². The maximum absolute atomic E-state index is 5.84. The van der Waals surface area contributed by atoms with Crippen LogP contribution in [0.1, 0.15) is 45.3 Å². The van der Waals surface area contributed by atoms with E-state index in [0.29, 0.717) is 29.9 Å². The molecule has 1 aliphatic rings. The van der Waals surface area contributed by atoms with Crippen LogP contribution < -0.4 is 5.32 Å². The number of methoxy groups -OCH3 is 1. The first-order valence-corrected chi connectivity index (χ1v) is 6.55. The number of oxazole rings is 1. The third-order valence-corrected chi connectivity index (χ3v) is 4.64. The van der Waals surface area contributed by atoms with Crippen LogP contribution in [-0.4, -0.2) is 25.2 Å². The number of hydrogen-bond acceptors (Lipinski definition) is 4. The fourth-order valence-electron chi connectivity index (χ4n) is 2.82. The Morgan fingerprint density at radius 2 is 2.00 bits per heavy atom. The fraction of sp³-hybridized carbons (Fsp3) is 0.786. The van der Waals surface area contributed by atoms with E-state index in [-0.39, 0.29) is 0 Å².